The van der Waals surface area contributed by atoms with E-state index >= 15 is 0 Å². The Bertz CT molecular complexity index is 358. The fourth-order valence-electron chi connectivity index (χ4n) is 3.59. The van der Waals surface area contributed by atoms with Gasteiger partial charge in [-0.05, 0) is 63.6 Å². The number of hydrogen-bond acceptors (Lipinski definition) is 4. The van der Waals surface area contributed by atoms with Crippen molar-refractivity contribution in [3.05, 3.63) is 0 Å². The fraction of sp³-hybridized carbons (Fsp3) is 0.941. The van der Waals surface area contributed by atoms with E-state index in [0.717, 1.165) is 45.1 Å². The van der Waals surface area contributed by atoms with Crippen molar-refractivity contribution in [2.24, 2.45) is 4.99 Å². The van der Waals surface area contributed by atoms with Crippen LogP contribution in [0.2, 0.25) is 0 Å². The number of rotatable bonds is 8. The van der Waals surface area contributed by atoms with Gasteiger partial charge in [-0.3, -0.25) is 9.89 Å². The lowest BCUT2D eigenvalue weighted by molar-refractivity contribution is -0.0164. The molecule has 2 fully saturated rings. The summed E-state index contributed by atoms with van der Waals surface area (Å²) in [6.07, 6.45) is 9.57. The van der Waals surface area contributed by atoms with Crippen molar-refractivity contribution < 1.29 is 4.74 Å². The van der Waals surface area contributed by atoms with E-state index < -0.39 is 0 Å². The van der Waals surface area contributed by atoms with Crippen LogP contribution >= 0.6 is 35.7 Å². The van der Waals surface area contributed by atoms with Crippen molar-refractivity contribution in [2.45, 2.75) is 44.1 Å². The van der Waals surface area contributed by atoms with Crippen molar-refractivity contribution in [3.63, 3.8) is 0 Å². The zero-order chi connectivity index (χ0) is 16.4. The standard InChI is InChI=1S/C17H34N4OS.HI/c1-18-16(19-9-3-6-14-23-2)20-15-17(7-12-22-13-8-17)21-10-4-5-11-21;/h3-15H2,1-2H3,(H2,18,19,20);1H. The largest absolute Gasteiger partial charge is 0.381 e. The second-order valence-corrected chi connectivity index (χ2v) is 7.57. The summed E-state index contributed by atoms with van der Waals surface area (Å²) >= 11 is 1.92. The molecule has 0 aliphatic carbocycles. The van der Waals surface area contributed by atoms with Gasteiger partial charge in [0.2, 0.25) is 0 Å². The average molecular weight is 470 g/mol. The summed E-state index contributed by atoms with van der Waals surface area (Å²) in [4.78, 5) is 7.08. The molecule has 7 heteroatoms. The predicted molar refractivity (Wildman–Crippen MR) is 116 cm³/mol. The second kappa shape index (κ2) is 12.6. The van der Waals surface area contributed by atoms with Crippen LogP contribution in [0.5, 0.6) is 0 Å². The SMILES string of the molecule is CN=C(NCCCCSC)NCC1(N2CCCC2)CCOCC1.I. The Balaban J connectivity index is 0.00000288. The zero-order valence-corrected chi connectivity index (χ0v) is 18.5. The monoisotopic (exact) mass is 470 g/mol. The normalized spacial score (nSPS) is 21.3. The number of guanidine groups is 1. The molecular weight excluding hydrogens is 435 g/mol. The highest BCUT2D eigenvalue weighted by molar-refractivity contribution is 14.0. The van der Waals surface area contributed by atoms with Crippen LogP contribution in [0.3, 0.4) is 0 Å². The highest BCUT2D eigenvalue weighted by Gasteiger charge is 2.39. The fourth-order valence-corrected chi connectivity index (χ4v) is 4.09. The molecule has 0 aromatic carbocycles. The number of nitrogens with zero attached hydrogens (tertiary/aromatic N) is 2. The van der Waals surface area contributed by atoms with Gasteiger partial charge in [0, 0.05) is 38.9 Å². The first kappa shape index (κ1) is 22.3. The Kier molecular flexibility index (Phi) is 11.7. The van der Waals surface area contributed by atoms with Crippen LogP contribution in [0.25, 0.3) is 0 Å². The van der Waals surface area contributed by atoms with Gasteiger partial charge in [0.15, 0.2) is 5.96 Å². The van der Waals surface area contributed by atoms with Gasteiger partial charge in [-0.1, -0.05) is 0 Å². The molecule has 0 aromatic heterocycles. The van der Waals surface area contributed by atoms with Crippen LogP contribution in [0, 0.1) is 0 Å². The lowest BCUT2D eigenvalue weighted by Gasteiger charge is -2.45. The summed E-state index contributed by atoms with van der Waals surface area (Å²) in [5.74, 6) is 2.19. The van der Waals surface area contributed by atoms with Crippen LogP contribution in [0.15, 0.2) is 4.99 Å². The summed E-state index contributed by atoms with van der Waals surface area (Å²) < 4.78 is 5.62. The van der Waals surface area contributed by atoms with Gasteiger partial charge in [-0.15, -0.1) is 24.0 Å². The molecule has 0 unspecified atom stereocenters. The van der Waals surface area contributed by atoms with Crippen LogP contribution in [0.4, 0.5) is 0 Å². The van der Waals surface area contributed by atoms with Gasteiger partial charge < -0.3 is 15.4 Å². The lowest BCUT2D eigenvalue weighted by atomic mass is 9.88. The summed E-state index contributed by atoms with van der Waals surface area (Å²) in [5, 5.41) is 7.04. The smallest absolute Gasteiger partial charge is 0.191 e. The van der Waals surface area contributed by atoms with E-state index in [2.05, 4.69) is 26.8 Å². The van der Waals surface area contributed by atoms with Gasteiger partial charge in [0.25, 0.3) is 0 Å². The number of ether oxygens (including phenoxy) is 1. The highest BCUT2D eigenvalue weighted by atomic mass is 127. The van der Waals surface area contributed by atoms with Crippen LogP contribution in [-0.2, 0) is 4.74 Å². The van der Waals surface area contributed by atoms with Crippen LogP contribution in [0.1, 0.15) is 38.5 Å². The van der Waals surface area contributed by atoms with E-state index in [1.807, 2.05) is 18.8 Å². The van der Waals surface area contributed by atoms with E-state index in [1.165, 1.54) is 44.5 Å². The molecule has 2 rings (SSSR count). The third kappa shape index (κ3) is 6.88. The average Bonchev–Trinajstić information content (AvgIpc) is 3.13. The molecule has 0 aromatic rings. The summed E-state index contributed by atoms with van der Waals surface area (Å²) in [6.45, 7) is 6.23. The molecule has 2 heterocycles. The number of thioether (sulfide) groups is 1. The van der Waals surface area contributed by atoms with Crippen molar-refractivity contribution >= 4 is 41.7 Å². The maximum absolute atomic E-state index is 5.62. The van der Waals surface area contributed by atoms with Gasteiger partial charge in [-0.25, -0.2) is 0 Å². The van der Waals surface area contributed by atoms with Crippen molar-refractivity contribution in [2.75, 3.05) is 58.4 Å². The number of unbranched alkanes of at least 4 members (excludes halogenated alkanes) is 1. The van der Waals surface area contributed by atoms with E-state index in [9.17, 15) is 0 Å². The molecule has 2 aliphatic heterocycles. The zero-order valence-electron chi connectivity index (χ0n) is 15.3. The first-order valence-electron chi connectivity index (χ1n) is 9.07. The highest BCUT2D eigenvalue weighted by Crippen LogP contribution is 2.30. The van der Waals surface area contributed by atoms with Crippen LogP contribution in [-0.4, -0.2) is 74.8 Å². The maximum atomic E-state index is 5.62. The summed E-state index contributed by atoms with van der Waals surface area (Å²) in [6, 6.07) is 0. The molecule has 0 amide bonds. The molecule has 2 saturated heterocycles. The first-order chi connectivity index (χ1) is 11.3. The van der Waals surface area contributed by atoms with Gasteiger partial charge in [0.05, 0.1) is 0 Å². The molecule has 142 valence electrons. The van der Waals surface area contributed by atoms with Gasteiger partial charge in [-0.2, -0.15) is 11.8 Å². The van der Waals surface area contributed by atoms with E-state index in [4.69, 9.17) is 4.74 Å². The number of nitrogens with one attached hydrogen (secondary N) is 2. The third-order valence-electron chi connectivity index (χ3n) is 5.08. The Hall–Kier alpha value is 0.270. The summed E-state index contributed by atoms with van der Waals surface area (Å²) in [7, 11) is 1.86. The molecule has 0 atom stereocenters. The predicted octanol–water partition coefficient (Wildman–Crippen LogP) is 2.56. The van der Waals surface area contributed by atoms with E-state index in [-0.39, 0.29) is 29.5 Å². The molecule has 2 aliphatic rings. The molecule has 2 N–H and O–H groups in total. The van der Waals surface area contributed by atoms with Gasteiger partial charge >= 0.3 is 0 Å². The molecule has 0 saturated carbocycles. The second-order valence-electron chi connectivity index (χ2n) is 6.58. The molecule has 0 radical (unpaired) electrons. The van der Waals surface area contributed by atoms with Gasteiger partial charge in [0.1, 0.15) is 0 Å². The molecule has 0 bridgehead atoms. The lowest BCUT2D eigenvalue weighted by Crippen LogP contribution is -2.58. The Labute approximate surface area is 169 Å². The molecule has 5 nitrogen and oxygen atoms in total. The van der Waals surface area contributed by atoms with Crippen molar-refractivity contribution in [1.82, 2.24) is 15.5 Å². The molecule has 24 heavy (non-hydrogen) atoms. The Morgan fingerprint density at radius 1 is 1.17 bits per heavy atom. The number of hydrogen-bond donors (Lipinski definition) is 2. The number of halogens is 1. The number of aliphatic imine (C=N–C) groups is 1. The Morgan fingerprint density at radius 2 is 1.88 bits per heavy atom. The van der Waals surface area contributed by atoms with E-state index in [1.54, 1.807) is 0 Å². The minimum Gasteiger partial charge on any atom is -0.381 e. The maximum Gasteiger partial charge on any atom is 0.191 e. The molecular formula is C17H35IN4OS. The molecule has 0 spiro atoms. The van der Waals surface area contributed by atoms with Crippen LogP contribution < -0.4 is 10.6 Å². The first-order valence-corrected chi connectivity index (χ1v) is 10.5. The number of likely N-dealkylation sites (tertiary alicyclic amines) is 1. The van der Waals surface area contributed by atoms with Crippen molar-refractivity contribution in [1.29, 1.82) is 0 Å². The summed E-state index contributed by atoms with van der Waals surface area (Å²) in [5.41, 5.74) is 0.255. The quantitative estimate of drug-likeness (QED) is 0.247. The third-order valence-corrected chi connectivity index (χ3v) is 5.77. The van der Waals surface area contributed by atoms with Crippen molar-refractivity contribution in [3.8, 4) is 0 Å². The topological polar surface area (TPSA) is 48.9 Å². The minimum absolute atomic E-state index is 0. The van der Waals surface area contributed by atoms with E-state index in [0.29, 0.717) is 0 Å². The Morgan fingerprint density at radius 3 is 2.50 bits per heavy atom. The minimum atomic E-state index is 0.